The zero-order chi connectivity index (χ0) is 24.3. The molecule has 2 N–H and O–H groups in total. The van der Waals surface area contributed by atoms with Gasteiger partial charge in [0.15, 0.2) is 5.58 Å². The van der Waals surface area contributed by atoms with Crippen LogP contribution in [0.15, 0.2) is 65.2 Å². The highest BCUT2D eigenvalue weighted by Gasteiger charge is 2.20. The van der Waals surface area contributed by atoms with E-state index in [2.05, 4.69) is 40.4 Å². The SMILES string of the molecule is Clc1ccc2c(OCC3CCN(CCc4ccccc4)CC3)noc2c1.O=C(O)C=CC(=O)O. The molecule has 34 heavy (non-hydrogen) atoms. The number of aromatic nitrogens is 1. The average molecular weight is 487 g/mol. The molecule has 1 aliphatic rings. The van der Waals surface area contributed by atoms with E-state index in [-0.39, 0.29) is 0 Å². The minimum atomic E-state index is -1.26. The van der Waals surface area contributed by atoms with Crippen LogP contribution in [-0.4, -0.2) is 58.4 Å². The number of hydrogen-bond donors (Lipinski definition) is 2. The number of fused-ring (bicyclic) bond motifs is 1. The third kappa shape index (κ3) is 8.20. The Kier molecular flexibility index (Phi) is 9.49. The highest BCUT2D eigenvalue weighted by molar-refractivity contribution is 6.31. The molecule has 0 amide bonds. The fraction of sp³-hybridized carbons (Fsp3) is 0.320. The number of halogens is 1. The van der Waals surface area contributed by atoms with Crippen LogP contribution in [0.1, 0.15) is 18.4 Å². The van der Waals surface area contributed by atoms with Crippen molar-refractivity contribution < 1.29 is 29.1 Å². The van der Waals surface area contributed by atoms with Gasteiger partial charge in [0.05, 0.1) is 12.0 Å². The van der Waals surface area contributed by atoms with Gasteiger partial charge >= 0.3 is 11.9 Å². The van der Waals surface area contributed by atoms with Gasteiger partial charge in [0, 0.05) is 29.8 Å². The molecule has 0 aliphatic carbocycles. The zero-order valence-corrected chi connectivity index (χ0v) is 19.4. The molecule has 180 valence electrons. The van der Waals surface area contributed by atoms with Gasteiger partial charge in [-0.2, -0.15) is 0 Å². The van der Waals surface area contributed by atoms with E-state index in [0.29, 0.717) is 41.2 Å². The van der Waals surface area contributed by atoms with Crippen LogP contribution in [0.4, 0.5) is 0 Å². The monoisotopic (exact) mass is 486 g/mol. The largest absolute Gasteiger partial charge is 0.478 e. The summed E-state index contributed by atoms with van der Waals surface area (Å²) < 4.78 is 11.2. The molecule has 0 saturated carbocycles. The first-order valence-electron chi connectivity index (χ1n) is 11.0. The number of carbonyl (C=O) groups is 2. The predicted octanol–water partition coefficient (Wildman–Crippen LogP) is 4.53. The van der Waals surface area contributed by atoms with Gasteiger partial charge in [-0.05, 0) is 61.1 Å². The summed E-state index contributed by atoms with van der Waals surface area (Å²) in [5.41, 5.74) is 2.08. The Hall–Kier alpha value is -3.36. The van der Waals surface area contributed by atoms with Gasteiger partial charge in [-0.3, -0.25) is 0 Å². The Balaban J connectivity index is 0.000000350. The summed E-state index contributed by atoms with van der Waals surface area (Å²) in [5, 5.41) is 21.2. The summed E-state index contributed by atoms with van der Waals surface area (Å²) in [7, 11) is 0. The highest BCUT2D eigenvalue weighted by Crippen LogP contribution is 2.28. The molecule has 0 unspecified atom stereocenters. The molecule has 1 aliphatic heterocycles. The van der Waals surface area contributed by atoms with Crippen LogP contribution in [0.2, 0.25) is 5.02 Å². The molecule has 4 rings (SSSR count). The van der Waals surface area contributed by atoms with Crippen LogP contribution in [0.5, 0.6) is 5.88 Å². The molecule has 1 saturated heterocycles. The normalized spacial score (nSPS) is 14.6. The Bertz CT molecular complexity index is 1090. The Labute approximate surface area is 202 Å². The van der Waals surface area contributed by atoms with E-state index in [1.807, 2.05) is 12.1 Å². The molecule has 0 bridgehead atoms. The molecule has 9 heteroatoms. The lowest BCUT2D eigenvalue weighted by Crippen LogP contribution is -2.36. The molecule has 0 atom stereocenters. The lowest BCUT2D eigenvalue weighted by molar-refractivity contribution is -0.134. The molecule has 2 heterocycles. The smallest absolute Gasteiger partial charge is 0.328 e. The number of carboxylic acids is 2. The summed E-state index contributed by atoms with van der Waals surface area (Å²) in [4.78, 5) is 21.7. The summed E-state index contributed by atoms with van der Waals surface area (Å²) >= 11 is 5.97. The number of hydrogen-bond acceptors (Lipinski definition) is 6. The van der Waals surface area contributed by atoms with Gasteiger partial charge in [0.1, 0.15) is 0 Å². The minimum absolute atomic E-state index is 0.558. The second-order valence-corrected chi connectivity index (χ2v) is 8.41. The maximum atomic E-state index is 9.55. The van der Waals surface area contributed by atoms with Gasteiger partial charge in [0.25, 0.3) is 5.88 Å². The number of likely N-dealkylation sites (tertiary alicyclic amines) is 1. The van der Waals surface area contributed by atoms with Crippen molar-refractivity contribution in [3.8, 4) is 5.88 Å². The second kappa shape index (κ2) is 12.8. The van der Waals surface area contributed by atoms with Crippen LogP contribution in [0, 0.1) is 5.92 Å². The van der Waals surface area contributed by atoms with Gasteiger partial charge in [-0.1, -0.05) is 41.9 Å². The molecular weight excluding hydrogens is 460 g/mol. The number of carboxylic acid groups (broad SMARTS) is 2. The van der Waals surface area contributed by atoms with Crippen molar-refractivity contribution in [3.63, 3.8) is 0 Å². The van der Waals surface area contributed by atoms with Crippen molar-refractivity contribution in [2.45, 2.75) is 19.3 Å². The van der Waals surface area contributed by atoms with Gasteiger partial charge in [-0.15, -0.1) is 0 Å². The fourth-order valence-electron chi connectivity index (χ4n) is 3.64. The molecule has 0 radical (unpaired) electrons. The first kappa shape index (κ1) is 25.3. The van der Waals surface area contributed by atoms with Crippen molar-refractivity contribution in [1.82, 2.24) is 10.1 Å². The number of piperidine rings is 1. The maximum Gasteiger partial charge on any atom is 0.328 e. The van der Waals surface area contributed by atoms with E-state index in [1.54, 1.807) is 6.07 Å². The van der Waals surface area contributed by atoms with Crippen LogP contribution in [-0.2, 0) is 16.0 Å². The van der Waals surface area contributed by atoms with Crippen LogP contribution in [0.3, 0.4) is 0 Å². The highest BCUT2D eigenvalue weighted by atomic mass is 35.5. The quantitative estimate of drug-likeness (QED) is 0.446. The lowest BCUT2D eigenvalue weighted by Gasteiger charge is -2.31. The number of nitrogens with zero attached hydrogens (tertiary/aromatic N) is 2. The molecule has 2 aromatic carbocycles. The number of ether oxygens (including phenoxy) is 1. The van der Waals surface area contributed by atoms with Crippen molar-refractivity contribution in [2.24, 2.45) is 5.92 Å². The van der Waals surface area contributed by atoms with E-state index in [4.69, 9.17) is 31.1 Å². The Morgan fingerprint density at radius 3 is 2.41 bits per heavy atom. The maximum absolute atomic E-state index is 9.55. The van der Waals surface area contributed by atoms with Crippen molar-refractivity contribution >= 4 is 34.5 Å². The van der Waals surface area contributed by atoms with E-state index < -0.39 is 11.9 Å². The summed E-state index contributed by atoms with van der Waals surface area (Å²) in [6.45, 7) is 4.09. The van der Waals surface area contributed by atoms with E-state index >= 15 is 0 Å². The number of rotatable bonds is 8. The molecular formula is C25H27ClN2O6. The zero-order valence-electron chi connectivity index (χ0n) is 18.6. The topological polar surface area (TPSA) is 113 Å². The van der Waals surface area contributed by atoms with Gasteiger partial charge in [0.2, 0.25) is 0 Å². The molecule has 0 spiro atoms. The predicted molar refractivity (Wildman–Crippen MR) is 128 cm³/mol. The standard InChI is InChI=1S/C21H23ClN2O2.C4H4O4/c22-18-6-7-19-20(14-18)26-23-21(19)25-15-17-9-12-24(13-10-17)11-8-16-4-2-1-3-5-16;5-3(6)1-2-4(7)8/h1-7,14,17H,8-13,15H2;1-2H,(H,5,6)(H,7,8). The van der Waals surface area contributed by atoms with Crippen LogP contribution < -0.4 is 4.74 Å². The van der Waals surface area contributed by atoms with E-state index in [1.165, 1.54) is 5.56 Å². The molecule has 1 fully saturated rings. The van der Waals surface area contributed by atoms with Crippen LogP contribution >= 0.6 is 11.6 Å². The van der Waals surface area contributed by atoms with Crippen LogP contribution in [0.25, 0.3) is 11.0 Å². The average Bonchev–Trinajstić information content (AvgIpc) is 3.24. The minimum Gasteiger partial charge on any atom is -0.478 e. The third-order valence-electron chi connectivity index (χ3n) is 5.49. The molecule has 3 aromatic rings. The second-order valence-electron chi connectivity index (χ2n) is 7.97. The fourth-order valence-corrected chi connectivity index (χ4v) is 3.80. The first-order valence-corrected chi connectivity index (χ1v) is 11.4. The number of benzene rings is 2. The van der Waals surface area contributed by atoms with Gasteiger partial charge < -0.3 is 24.4 Å². The van der Waals surface area contributed by atoms with Crippen molar-refractivity contribution in [2.75, 3.05) is 26.2 Å². The summed E-state index contributed by atoms with van der Waals surface area (Å²) in [6.07, 6.45) is 4.56. The van der Waals surface area contributed by atoms with Gasteiger partial charge in [-0.25, -0.2) is 9.59 Å². The Morgan fingerprint density at radius 1 is 1.09 bits per heavy atom. The third-order valence-corrected chi connectivity index (χ3v) is 5.73. The summed E-state index contributed by atoms with van der Waals surface area (Å²) in [6, 6.07) is 16.2. The Morgan fingerprint density at radius 2 is 1.76 bits per heavy atom. The first-order chi connectivity index (χ1) is 16.4. The summed E-state index contributed by atoms with van der Waals surface area (Å²) in [5.74, 6) is -1.37. The molecule has 1 aromatic heterocycles. The lowest BCUT2D eigenvalue weighted by atomic mass is 9.97. The van der Waals surface area contributed by atoms with Crippen molar-refractivity contribution in [3.05, 3.63) is 71.3 Å². The number of aliphatic carboxylic acids is 2. The van der Waals surface area contributed by atoms with Crippen molar-refractivity contribution in [1.29, 1.82) is 0 Å². The van der Waals surface area contributed by atoms with E-state index in [9.17, 15) is 9.59 Å². The molecule has 8 nitrogen and oxygen atoms in total. The van der Waals surface area contributed by atoms with E-state index in [0.717, 1.165) is 44.3 Å².